The quantitative estimate of drug-likeness (QED) is 0.499. The Labute approximate surface area is 59.3 Å². The van der Waals surface area contributed by atoms with Crippen LogP contribution >= 0.6 is 9.39 Å². The van der Waals surface area contributed by atoms with E-state index in [1.54, 1.807) is 0 Å². The third-order valence-electron chi connectivity index (χ3n) is 1.90. The van der Waals surface area contributed by atoms with Gasteiger partial charge in [-0.15, -0.1) is 0 Å². The molecular weight excluding hydrogens is 131 g/mol. The summed E-state index contributed by atoms with van der Waals surface area (Å²) in [4.78, 5) is 0. The Morgan fingerprint density at radius 3 is 2.11 bits per heavy atom. The Morgan fingerprint density at radius 1 is 1.33 bits per heavy atom. The second-order valence-electron chi connectivity index (χ2n) is 2.80. The summed E-state index contributed by atoms with van der Waals surface area (Å²) in [6.07, 6.45) is 0. The van der Waals surface area contributed by atoms with Crippen LogP contribution in [0.25, 0.3) is 0 Å². The molecule has 54 valence electrons. The van der Waals surface area contributed by atoms with Gasteiger partial charge in [-0.1, -0.05) is 9.39 Å². The lowest BCUT2D eigenvalue weighted by Crippen LogP contribution is -2.50. The molecule has 1 aliphatic rings. The second-order valence-corrected chi connectivity index (χ2v) is 3.40. The standard InChI is InChI=1S/C6H15N2P/c1-5-3-7-4-6(2)8(5)9/h5-7H,3-4,9H2,1-2H3. The van der Waals surface area contributed by atoms with Gasteiger partial charge in [0.05, 0.1) is 0 Å². The minimum atomic E-state index is 0.666. The molecule has 1 saturated heterocycles. The number of hydrogen-bond donors (Lipinski definition) is 1. The maximum atomic E-state index is 3.36. The molecule has 1 N–H and O–H groups in total. The fourth-order valence-electron chi connectivity index (χ4n) is 1.15. The summed E-state index contributed by atoms with van der Waals surface area (Å²) >= 11 is 0. The van der Waals surface area contributed by atoms with E-state index in [2.05, 4.69) is 33.2 Å². The molecule has 9 heavy (non-hydrogen) atoms. The van der Waals surface area contributed by atoms with Crippen LogP contribution in [0.3, 0.4) is 0 Å². The smallest absolute Gasteiger partial charge is 0.0229 e. The lowest BCUT2D eigenvalue weighted by molar-refractivity contribution is 0.239. The number of rotatable bonds is 0. The molecule has 3 atom stereocenters. The summed E-state index contributed by atoms with van der Waals surface area (Å²) in [5.74, 6) is 0. The van der Waals surface area contributed by atoms with Gasteiger partial charge in [-0.2, -0.15) is 0 Å². The molecule has 1 aliphatic heterocycles. The Bertz CT molecular complexity index is 87.1. The molecule has 0 aromatic carbocycles. The molecule has 1 rings (SSSR count). The average Bonchev–Trinajstić information content (AvgIpc) is 1.83. The van der Waals surface area contributed by atoms with Crippen molar-refractivity contribution >= 4 is 9.39 Å². The third-order valence-corrected chi connectivity index (χ3v) is 2.92. The summed E-state index contributed by atoms with van der Waals surface area (Å²) in [5, 5.41) is 3.36. The Balaban J connectivity index is 2.41. The van der Waals surface area contributed by atoms with E-state index in [4.69, 9.17) is 0 Å². The van der Waals surface area contributed by atoms with E-state index in [1.807, 2.05) is 0 Å². The first-order valence-electron chi connectivity index (χ1n) is 3.45. The van der Waals surface area contributed by atoms with E-state index in [0.717, 1.165) is 13.1 Å². The maximum Gasteiger partial charge on any atom is 0.0229 e. The molecule has 0 bridgehead atoms. The van der Waals surface area contributed by atoms with E-state index in [0.29, 0.717) is 12.1 Å². The molecule has 1 heterocycles. The fourth-order valence-corrected chi connectivity index (χ4v) is 1.36. The number of piperazine rings is 1. The van der Waals surface area contributed by atoms with Crippen LogP contribution in [-0.4, -0.2) is 29.8 Å². The molecule has 0 aliphatic carbocycles. The first kappa shape index (κ1) is 7.46. The van der Waals surface area contributed by atoms with Crippen molar-refractivity contribution in [1.29, 1.82) is 0 Å². The van der Waals surface area contributed by atoms with Crippen LogP contribution in [0.1, 0.15) is 13.8 Å². The van der Waals surface area contributed by atoms with Gasteiger partial charge < -0.3 is 5.32 Å². The van der Waals surface area contributed by atoms with Crippen molar-refractivity contribution < 1.29 is 0 Å². The first-order valence-corrected chi connectivity index (χ1v) is 3.97. The SMILES string of the molecule is CC1CNCC(C)N1P. The third kappa shape index (κ3) is 1.64. The molecule has 3 heteroatoms. The minimum Gasteiger partial charge on any atom is -0.314 e. The molecule has 0 aromatic rings. The van der Waals surface area contributed by atoms with Gasteiger partial charge in [0, 0.05) is 25.2 Å². The van der Waals surface area contributed by atoms with Gasteiger partial charge in [0.25, 0.3) is 0 Å². The predicted molar refractivity (Wildman–Crippen MR) is 43.3 cm³/mol. The Morgan fingerprint density at radius 2 is 1.78 bits per heavy atom. The largest absolute Gasteiger partial charge is 0.314 e. The summed E-state index contributed by atoms with van der Waals surface area (Å²) in [6, 6.07) is 1.33. The molecule has 0 spiro atoms. The highest BCUT2D eigenvalue weighted by Gasteiger charge is 2.19. The van der Waals surface area contributed by atoms with Gasteiger partial charge in [-0.25, -0.2) is 0 Å². The van der Waals surface area contributed by atoms with Crippen LogP contribution in [0, 0.1) is 0 Å². The molecule has 3 unspecified atom stereocenters. The maximum absolute atomic E-state index is 3.36. The van der Waals surface area contributed by atoms with Gasteiger partial charge in [-0.3, -0.25) is 4.67 Å². The lowest BCUT2D eigenvalue weighted by atomic mass is 10.2. The minimum absolute atomic E-state index is 0.666. The zero-order valence-corrected chi connectivity index (χ0v) is 7.25. The van der Waals surface area contributed by atoms with Crippen LogP contribution in [0.5, 0.6) is 0 Å². The monoisotopic (exact) mass is 146 g/mol. The second kappa shape index (κ2) is 2.96. The summed E-state index contributed by atoms with van der Waals surface area (Å²) in [6.45, 7) is 6.70. The zero-order chi connectivity index (χ0) is 6.85. The van der Waals surface area contributed by atoms with Crippen molar-refractivity contribution in [2.45, 2.75) is 25.9 Å². The molecule has 0 amide bonds. The van der Waals surface area contributed by atoms with E-state index < -0.39 is 0 Å². The average molecular weight is 146 g/mol. The van der Waals surface area contributed by atoms with E-state index in [1.165, 1.54) is 0 Å². The molecule has 0 saturated carbocycles. The molecule has 1 fully saturated rings. The highest BCUT2D eigenvalue weighted by atomic mass is 31.0. The highest BCUT2D eigenvalue weighted by molar-refractivity contribution is 7.13. The predicted octanol–water partition coefficient (Wildman–Crippen LogP) is 0.459. The molecular formula is C6H15N2P. The van der Waals surface area contributed by atoms with Crippen LogP contribution < -0.4 is 5.32 Å². The van der Waals surface area contributed by atoms with Gasteiger partial charge in [-0.05, 0) is 13.8 Å². The normalized spacial score (nSPS) is 39.0. The van der Waals surface area contributed by atoms with Crippen LogP contribution in [0.2, 0.25) is 0 Å². The van der Waals surface area contributed by atoms with E-state index >= 15 is 0 Å². The van der Waals surface area contributed by atoms with Crippen LogP contribution in [0.4, 0.5) is 0 Å². The van der Waals surface area contributed by atoms with E-state index in [9.17, 15) is 0 Å². The van der Waals surface area contributed by atoms with Gasteiger partial charge in [0.15, 0.2) is 0 Å². The summed E-state index contributed by atoms with van der Waals surface area (Å²) < 4.78 is 2.33. The number of nitrogens with zero attached hydrogens (tertiary/aromatic N) is 1. The van der Waals surface area contributed by atoms with Crippen molar-refractivity contribution in [1.82, 2.24) is 9.99 Å². The topological polar surface area (TPSA) is 15.3 Å². The zero-order valence-electron chi connectivity index (χ0n) is 6.09. The Kier molecular flexibility index (Phi) is 2.45. The molecule has 2 nitrogen and oxygen atoms in total. The van der Waals surface area contributed by atoms with Crippen molar-refractivity contribution in [3.63, 3.8) is 0 Å². The molecule has 0 aromatic heterocycles. The van der Waals surface area contributed by atoms with Crippen LogP contribution in [0.15, 0.2) is 0 Å². The van der Waals surface area contributed by atoms with Crippen LogP contribution in [-0.2, 0) is 0 Å². The Hall–Kier alpha value is 0.350. The van der Waals surface area contributed by atoms with Gasteiger partial charge in [0.2, 0.25) is 0 Å². The number of nitrogens with one attached hydrogen (secondary N) is 1. The van der Waals surface area contributed by atoms with E-state index in [-0.39, 0.29) is 0 Å². The number of hydrogen-bond acceptors (Lipinski definition) is 2. The van der Waals surface area contributed by atoms with Gasteiger partial charge >= 0.3 is 0 Å². The first-order chi connectivity index (χ1) is 4.22. The lowest BCUT2D eigenvalue weighted by Gasteiger charge is -2.35. The highest BCUT2D eigenvalue weighted by Crippen LogP contribution is 2.13. The van der Waals surface area contributed by atoms with Crippen molar-refractivity contribution in [2.24, 2.45) is 0 Å². The molecule has 0 radical (unpaired) electrons. The van der Waals surface area contributed by atoms with Crippen molar-refractivity contribution in [3.8, 4) is 0 Å². The van der Waals surface area contributed by atoms with Crippen molar-refractivity contribution in [3.05, 3.63) is 0 Å². The summed E-state index contributed by atoms with van der Waals surface area (Å²) in [5.41, 5.74) is 0. The van der Waals surface area contributed by atoms with Crippen molar-refractivity contribution in [2.75, 3.05) is 13.1 Å². The fraction of sp³-hybridized carbons (Fsp3) is 1.00. The van der Waals surface area contributed by atoms with Gasteiger partial charge in [0.1, 0.15) is 0 Å². The summed E-state index contributed by atoms with van der Waals surface area (Å²) in [7, 11) is 2.78.